The lowest BCUT2D eigenvalue weighted by Gasteiger charge is -2.58. The summed E-state index contributed by atoms with van der Waals surface area (Å²) in [6.45, 7) is 7.48. The number of likely N-dealkylation sites (tertiary alicyclic amines) is 1. The summed E-state index contributed by atoms with van der Waals surface area (Å²) in [5.74, 6) is 1.08. The monoisotopic (exact) mass is 435 g/mol. The predicted molar refractivity (Wildman–Crippen MR) is 120 cm³/mol. The standard InChI is InChI=1S/C23H37N3O3S/c1-5-30(28,29)26-11-8-17(9-12-26)16-25(4)22-21-14-18-6-7-19(27)15-20(18)23(22,2)10-13-24(21)3/h6-7,15,17,21-22,27H,5,8-14,16H2,1-4H3/t21-,22+,23?/m1/s1. The van der Waals surface area contributed by atoms with Crippen LogP contribution in [0.3, 0.4) is 0 Å². The molecule has 2 bridgehead atoms. The number of piperidine rings is 2. The molecule has 2 heterocycles. The van der Waals surface area contributed by atoms with Crippen molar-refractivity contribution in [1.82, 2.24) is 14.1 Å². The third-order valence-corrected chi connectivity index (χ3v) is 9.94. The molecule has 3 aliphatic rings. The predicted octanol–water partition coefficient (Wildman–Crippen LogP) is 2.27. The number of sulfonamides is 1. The zero-order valence-electron chi connectivity index (χ0n) is 18.8. The molecule has 30 heavy (non-hydrogen) atoms. The minimum absolute atomic E-state index is 0.0184. The van der Waals surface area contributed by atoms with E-state index in [4.69, 9.17) is 0 Å². The third-order valence-electron chi connectivity index (χ3n) is 8.06. The average Bonchev–Trinajstić information content (AvgIpc) is 2.72. The Morgan fingerprint density at radius 1 is 1.23 bits per heavy atom. The molecular formula is C23H37N3O3S. The molecule has 2 fully saturated rings. The van der Waals surface area contributed by atoms with E-state index in [1.807, 2.05) is 12.1 Å². The van der Waals surface area contributed by atoms with E-state index >= 15 is 0 Å². The van der Waals surface area contributed by atoms with Gasteiger partial charge < -0.3 is 14.9 Å². The van der Waals surface area contributed by atoms with Crippen LogP contribution in [-0.4, -0.2) is 85.7 Å². The number of likely N-dealkylation sites (N-methyl/N-ethyl adjacent to an activating group) is 2. The van der Waals surface area contributed by atoms with Gasteiger partial charge in [0.15, 0.2) is 0 Å². The topological polar surface area (TPSA) is 64.1 Å². The molecule has 2 saturated heterocycles. The fourth-order valence-corrected chi connectivity index (χ4v) is 7.43. The van der Waals surface area contributed by atoms with Gasteiger partial charge in [0.05, 0.1) is 5.75 Å². The molecule has 1 aliphatic carbocycles. The molecule has 168 valence electrons. The smallest absolute Gasteiger partial charge is 0.213 e. The lowest BCUT2D eigenvalue weighted by Crippen LogP contribution is -2.66. The Morgan fingerprint density at radius 3 is 2.60 bits per heavy atom. The van der Waals surface area contributed by atoms with Crippen LogP contribution in [0, 0.1) is 5.92 Å². The first-order valence-electron chi connectivity index (χ1n) is 11.4. The summed E-state index contributed by atoms with van der Waals surface area (Å²) in [7, 11) is 1.42. The van der Waals surface area contributed by atoms with E-state index in [0.717, 1.165) is 38.8 Å². The van der Waals surface area contributed by atoms with Gasteiger partial charge in [0.25, 0.3) is 0 Å². The molecule has 7 heteroatoms. The summed E-state index contributed by atoms with van der Waals surface area (Å²) >= 11 is 0. The summed E-state index contributed by atoms with van der Waals surface area (Å²) in [5, 5.41) is 10.2. The van der Waals surface area contributed by atoms with Crippen LogP contribution in [-0.2, 0) is 21.9 Å². The molecule has 2 aliphatic heterocycles. The summed E-state index contributed by atoms with van der Waals surface area (Å²) in [6, 6.07) is 6.77. The Balaban J connectivity index is 1.52. The second kappa shape index (κ2) is 8.08. The number of phenols is 1. The van der Waals surface area contributed by atoms with Crippen molar-refractivity contribution < 1.29 is 13.5 Å². The van der Waals surface area contributed by atoms with Crippen LogP contribution >= 0.6 is 0 Å². The molecular weight excluding hydrogens is 398 g/mol. The second-order valence-corrected chi connectivity index (χ2v) is 12.1. The van der Waals surface area contributed by atoms with Crippen molar-refractivity contribution in [3.05, 3.63) is 29.3 Å². The van der Waals surface area contributed by atoms with Crippen LogP contribution < -0.4 is 0 Å². The fourth-order valence-electron chi connectivity index (χ4n) is 6.30. The number of hydrogen-bond acceptors (Lipinski definition) is 5. The van der Waals surface area contributed by atoms with Gasteiger partial charge in [-0.05, 0) is 82.4 Å². The molecule has 1 unspecified atom stereocenters. The Hall–Kier alpha value is -1.15. The first-order chi connectivity index (χ1) is 14.2. The summed E-state index contributed by atoms with van der Waals surface area (Å²) in [4.78, 5) is 5.05. The van der Waals surface area contributed by atoms with Gasteiger partial charge in [-0.2, -0.15) is 0 Å². The maximum absolute atomic E-state index is 12.2. The van der Waals surface area contributed by atoms with Gasteiger partial charge in [0, 0.05) is 37.1 Å². The summed E-state index contributed by atoms with van der Waals surface area (Å²) in [6.07, 6.45) is 3.97. The van der Waals surface area contributed by atoms with Gasteiger partial charge in [-0.1, -0.05) is 13.0 Å². The summed E-state index contributed by atoms with van der Waals surface area (Å²) in [5.41, 5.74) is 2.70. The van der Waals surface area contributed by atoms with Crippen LogP contribution in [0.2, 0.25) is 0 Å². The zero-order valence-corrected chi connectivity index (χ0v) is 19.7. The molecule has 3 atom stereocenters. The van der Waals surface area contributed by atoms with Gasteiger partial charge >= 0.3 is 0 Å². The van der Waals surface area contributed by atoms with E-state index in [-0.39, 0.29) is 11.2 Å². The van der Waals surface area contributed by atoms with Gasteiger partial charge in [-0.15, -0.1) is 0 Å². The molecule has 0 spiro atoms. The molecule has 0 radical (unpaired) electrons. The van der Waals surface area contributed by atoms with Crippen LogP contribution in [0.4, 0.5) is 0 Å². The maximum Gasteiger partial charge on any atom is 0.213 e. The Bertz CT molecular complexity index is 882. The van der Waals surface area contributed by atoms with Crippen molar-refractivity contribution in [3.63, 3.8) is 0 Å². The van der Waals surface area contributed by atoms with E-state index in [0.29, 0.717) is 36.8 Å². The number of phenolic OH excluding ortho intramolecular Hbond substituents is 1. The molecule has 1 N–H and O–H groups in total. The average molecular weight is 436 g/mol. The molecule has 1 aromatic carbocycles. The summed E-state index contributed by atoms with van der Waals surface area (Å²) < 4.78 is 26.0. The third kappa shape index (κ3) is 3.78. The maximum atomic E-state index is 12.2. The first kappa shape index (κ1) is 22.1. The SMILES string of the molecule is CCS(=O)(=O)N1CCC(CN(C)[C@H]2[C@H]3Cc4ccc(O)cc4C2(C)CCN3C)CC1. The number of rotatable bonds is 5. The molecule has 0 aromatic heterocycles. The largest absolute Gasteiger partial charge is 0.508 e. The molecule has 6 nitrogen and oxygen atoms in total. The molecule has 0 saturated carbocycles. The van der Waals surface area contributed by atoms with Gasteiger partial charge in [0.1, 0.15) is 5.75 Å². The number of aromatic hydroxyl groups is 1. The van der Waals surface area contributed by atoms with Gasteiger partial charge in [0.2, 0.25) is 10.0 Å². The van der Waals surface area contributed by atoms with Gasteiger partial charge in [-0.25, -0.2) is 12.7 Å². The Kier molecular flexibility index (Phi) is 5.94. The Labute approximate surface area is 181 Å². The van der Waals surface area contributed by atoms with Crippen LogP contribution in [0.25, 0.3) is 0 Å². The highest BCUT2D eigenvalue weighted by molar-refractivity contribution is 7.89. The van der Waals surface area contributed by atoms with E-state index in [1.165, 1.54) is 11.1 Å². The number of hydrogen-bond donors (Lipinski definition) is 1. The molecule has 0 amide bonds. The van der Waals surface area contributed by atoms with Crippen molar-refractivity contribution in [2.75, 3.05) is 46.0 Å². The Morgan fingerprint density at radius 2 is 1.93 bits per heavy atom. The fraction of sp³-hybridized carbons (Fsp3) is 0.739. The highest BCUT2D eigenvalue weighted by atomic mass is 32.2. The quantitative estimate of drug-likeness (QED) is 0.769. The van der Waals surface area contributed by atoms with Crippen molar-refractivity contribution >= 4 is 10.0 Å². The van der Waals surface area contributed by atoms with Crippen LogP contribution in [0.5, 0.6) is 5.75 Å². The molecule has 4 rings (SSSR count). The van der Waals surface area contributed by atoms with E-state index in [9.17, 15) is 13.5 Å². The lowest BCUT2D eigenvalue weighted by molar-refractivity contribution is -0.00614. The van der Waals surface area contributed by atoms with Crippen molar-refractivity contribution in [3.8, 4) is 5.75 Å². The van der Waals surface area contributed by atoms with E-state index in [1.54, 1.807) is 11.2 Å². The van der Waals surface area contributed by atoms with Crippen molar-refractivity contribution in [1.29, 1.82) is 0 Å². The minimum Gasteiger partial charge on any atom is -0.508 e. The normalized spacial score (nSPS) is 31.1. The van der Waals surface area contributed by atoms with Gasteiger partial charge in [-0.3, -0.25) is 0 Å². The second-order valence-electron chi connectivity index (χ2n) is 9.89. The van der Waals surface area contributed by atoms with Crippen LogP contribution in [0.1, 0.15) is 44.2 Å². The number of fused-ring (bicyclic) bond motifs is 4. The highest BCUT2D eigenvalue weighted by Gasteiger charge is 2.51. The van der Waals surface area contributed by atoms with Crippen LogP contribution in [0.15, 0.2) is 18.2 Å². The first-order valence-corrected chi connectivity index (χ1v) is 13.0. The van der Waals surface area contributed by atoms with Crippen molar-refractivity contribution in [2.24, 2.45) is 5.92 Å². The minimum atomic E-state index is -3.07. The highest BCUT2D eigenvalue weighted by Crippen LogP contribution is 2.47. The lowest BCUT2D eigenvalue weighted by atomic mass is 9.61. The number of nitrogens with zero attached hydrogens (tertiary/aromatic N) is 3. The van der Waals surface area contributed by atoms with E-state index in [2.05, 4.69) is 36.9 Å². The van der Waals surface area contributed by atoms with E-state index < -0.39 is 10.0 Å². The zero-order chi connectivity index (χ0) is 21.7. The molecule has 1 aromatic rings. The van der Waals surface area contributed by atoms with Crippen molar-refractivity contribution in [2.45, 2.75) is 57.0 Å². The number of benzene rings is 1.